The molecule has 3 aliphatic carbocycles. The minimum atomic E-state index is -0.0553. The summed E-state index contributed by atoms with van der Waals surface area (Å²) >= 11 is 0. The molecule has 2 saturated carbocycles. The molecule has 0 N–H and O–H groups in total. The van der Waals surface area contributed by atoms with Crippen LogP contribution in [-0.2, 0) is 25.0 Å². The standard InChI is InChI=1S/C28H32N3O2/c1-28-15-14-23-22-11-9-21(16-20(22)8-10-24(23)25(28)12-13-27(28)32)33-18-31-17-26(30(2)29-31)19-6-4-3-5-7-19/h3-7,9,11,16-17,23-25H,8,10,12-15,18H2,1-2H3/q+1/t23?,24?,25?,28-/m0/s1. The summed E-state index contributed by atoms with van der Waals surface area (Å²) in [5, 5.41) is 4.57. The van der Waals surface area contributed by atoms with Crippen LogP contribution in [0.1, 0.15) is 56.1 Å². The van der Waals surface area contributed by atoms with Gasteiger partial charge in [-0.2, -0.15) is 0 Å². The molecule has 0 aliphatic heterocycles. The average Bonchev–Trinajstić information content (AvgIpc) is 3.36. The Labute approximate surface area is 195 Å². The molecule has 3 aromatic rings. The third-order valence-electron chi connectivity index (χ3n) is 8.71. The largest absolute Gasteiger partial charge is 0.452 e. The smallest absolute Gasteiger partial charge is 0.253 e. The van der Waals surface area contributed by atoms with Crippen molar-refractivity contribution < 1.29 is 14.2 Å². The Morgan fingerprint density at radius 2 is 1.97 bits per heavy atom. The van der Waals surface area contributed by atoms with Gasteiger partial charge in [0, 0.05) is 17.4 Å². The van der Waals surface area contributed by atoms with Crippen LogP contribution >= 0.6 is 0 Å². The number of benzene rings is 2. The lowest BCUT2D eigenvalue weighted by Crippen LogP contribution is -2.42. The minimum absolute atomic E-state index is 0.0553. The van der Waals surface area contributed by atoms with E-state index in [0.717, 1.165) is 49.1 Å². The predicted octanol–water partition coefficient (Wildman–Crippen LogP) is 4.84. The Hall–Kier alpha value is -2.95. The van der Waals surface area contributed by atoms with Crippen molar-refractivity contribution in [3.63, 3.8) is 0 Å². The lowest BCUT2D eigenvalue weighted by molar-refractivity contribution is -0.779. The summed E-state index contributed by atoms with van der Waals surface area (Å²) in [5.74, 6) is 3.26. The van der Waals surface area contributed by atoms with Crippen molar-refractivity contribution in [3.8, 4) is 17.0 Å². The van der Waals surface area contributed by atoms with E-state index in [0.29, 0.717) is 30.3 Å². The number of carbonyl (C=O) groups is 1. The quantitative estimate of drug-likeness (QED) is 0.544. The number of carbonyl (C=O) groups excluding carboxylic acids is 1. The summed E-state index contributed by atoms with van der Waals surface area (Å²) in [4.78, 5) is 12.6. The van der Waals surface area contributed by atoms with E-state index in [9.17, 15) is 4.79 Å². The van der Waals surface area contributed by atoms with E-state index in [1.54, 1.807) is 0 Å². The van der Waals surface area contributed by atoms with Crippen LogP contribution in [0.4, 0.5) is 0 Å². The SMILES string of the molecule is Cn1n[n+](COc2ccc3c(c2)CCC2C3CC[C@]3(C)C(=O)CCC23)cc1-c1ccccc1. The maximum Gasteiger partial charge on any atom is 0.253 e. The van der Waals surface area contributed by atoms with Crippen LogP contribution in [0.15, 0.2) is 54.7 Å². The zero-order valence-electron chi connectivity index (χ0n) is 19.5. The van der Waals surface area contributed by atoms with Crippen LogP contribution in [0.5, 0.6) is 5.75 Å². The van der Waals surface area contributed by atoms with Crippen LogP contribution in [0.3, 0.4) is 0 Å². The Bertz CT molecular complexity index is 1200. The van der Waals surface area contributed by atoms with Gasteiger partial charge in [-0.1, -0.05) is 43.3 Å². The van der Waals surface area contributed by atoms with Crippen molar-refractivity contribution in [2.75, 3.05) is 0 Å². The van der Waals surface area contributed by atoms with Crippen molar-refractivity contribution in [3.05, 3.63) is 65.9 Å². The highest BCUT2D eigenvalue weighted by Gasteiger charge is 2.54. The molecule has 33 heavy (non-hydrogen) atoms. The third kappa shape index (κ3) is 3.40. The van der Waals surface area contributed by atoms with Gasteiger partial charge in [-0.3, -0.25) is 4.79 Å². The minimum Gasteiger partial charge on any atom is -0.452 e. The topological polar surface area (TPSA) is 48.0 Å². The molecule has 4 atom stereocenters. The zero-order chi connectivity index (χ0) is 22.6. The number of ketones is 1. The van der Waals surface area contributed by atoms with E-state index in [2.05, 4.69) is 42.5 Å². The van der Waals surface area contributed by atoms with Gasteiger partial charge in [0.15, 0.2) is 11.9 Å². The summed E-state index contributed by atoms with van der Waals surface area (Å²) in [5.41, 5.74) is 5.07. The molecule has 2 fully saturated rings. The van der Waals surface area contributed by atoms with Crippen molar-refractivity contribution in [1.29, 1.82) is 0 Å². The molecule has 5 nitrogen and oxygen atoms in total. The number of fused-ring (bicyclic) bond motifs is 5. The second kappa shape index (κ2) is 7.82. The fourth-order valence-corrected chi connectivity index (χ4v) is 6.96. The molecule has 3 aliphatic rings. The van der Waals surface area contributed by atoms with Gasteiger partial charge in [0.2, 0.25) is 0 Å². The molecule has 5 heteroatoms. The second-order valence-corrected chi connectivity index (χ2v) is 10.4. The van der Waals surface area contributed by atoms with Crippen LogP contribution in [-0.4, -0.2) is 15.7 Å². The molecule has 0 spiro atoms. The van der Waals surface area contributed by atoms with Gasteiger partial charge in [0.25, 0.3) is 6.73 Å². The van der Waals surface area contributed by atoms with Crippen molar-refractivity contribution in [2.45, 2.75) is 58.1 Å². The number of ether oxygens (including phenoxy) is 1. The van der Waals surface area contributed by atoms with E-state index in [1.807, 2.05) is 40.8 Å². The molecular formula is C28H32N3O2+. The summed E-state index contributed by atoms with van der Waals surface area (Å²) in [7, 11) is 1.96. The van der Waals surface area contributed by atoms with Gasteiger partial charge in [0.1, 0.15) is 18.6 Å². The average molecular weight is 443 g/mol. The molecule has 0 bridgehead atoms. The number of nitrogens with zero attached hydrogens (tertiary/aromatic N) is 3. The highest BCUT2D eigenvalue weighted by Crippen LogP contribution is 2.59. The molecular weight excluding hydrogens is 410 g/mol. The molecule has 0 radical (unpaired) electrons. The fraction of sp³-hybridized carbons (Fsp3) is 0.464. The summed E-state index contributed by atoms with van der Waals surface area (Å²) in [6, 6.07) is 16.9. The second-order valence-electron chi connectivity index (χ2n) is 10.4. The molecule has 3 unspecified atom stereocenters. The molecule has 2 aromatic carbocycles. The molecule has 170 valence electrons. The Morgan fingerprint density at radius 3 is 2.82 bits per heavy atom. The first-order chi connectivity index (χ1) is 16.0. The van der Waals surface area contributed by atoms with E-state index < -0.39 is 0 Å². The van der Waals surface area contributed by atoms with Crippen molar-refractivity contribution >= 4 is 5.78 Å². The van der Waals surface area contributed by atoms with Gasteiger partial charge in [-0.15, -0.1) is 9.36 Å². The zero-order valence-corrected chi connectivity index (χ0v) is 19.5. The number of hydrogen-bond acceptors (Lipinski definition) is 3. The van der Waals surface area contributed by atoms with Gasteiger partial charge >= 0.3 is 0 Å². The number of aryl methyl sites for hydroxylation is 2. The number of Topliss-reactive ketones (excluding diaryl/α,β-unsaturated/α-hetero) is 1. The first kappa shape index (κ1) is 20.6. The highest BCUT2D eigenvalue weighted by atomic mass is 16.5. The van der Waals surface area contributed by atoms with Crippen molar-refractivity contribution in [2.24, 2.45) is 24.3 Å². The van der Waals surface area contributed by atoms with Gasteiger partial charge in [-0.05, 0) is 73.1 Å². The first-order valence-electron chi connectivity index (χ1n) is 12.3. The van der Waals surface area contributed by atoms with Crippen LogP contribution < -0.4 is 9.42 Å². The van der Waals surface area contributed by atoms with Crippen LogP contribution in [0.2, 0.25) is 0 Å². The van der Waals surface area contributed by atoms with Crippen LogP contribution in [0.25, 0.3) is 11.3 Å². The fourth-order valence-electron chi connectivity index (χ4n) is 6.96. The van der Waals surface area contributed by atoms with Gasteiger partial charge in [-0.25, -0.2) is 0 Å². The van der Waals surface area contributed by atoms with E-state index in [-0.39, 0.29) is 5.41 Å². The number of hydrogen-bond donors (Lipinski definition) is 0. The number of rotatable bonds is 4. The lowest BCUT2D eigenvalue weighted by Gasteiger charge is -2.48. The predicted molar refractivity (Wildman–Crippen MR) is 126 cm³/mol. The van der Waals surface area contributed by atoms with E-state index >= 15 is 0 Å². The monoisotopic (exact) mass is 442 g/mol. The highest BCUT2D eigenvalue weighted by molar-refractivity contribution is 5.87. The maximum absolute atomic E-state index is 12.6. The molecule has 6 rings (SSSR count). The summed E-state index contributed by atoms with van der Waals surface area (Å²) in [6.07, 6.45) is 8.40. The molecule has 1 aromatic heterocycles. The lowest BCUT2D eigenvalue weighted by atomic mass is 9.55. The molecule has 0 saturated heterocycles. The van der Waals surface area contributed by atoms with E-state index in [4.69, 9.17) is 4.74 Å². The van der Waals surface area contributed by atoms with Gasteiger partial charge in [0.05, 0.1) is 5.21 Å². The number of aromatic nitrogens is 3. The third-order valence-corrected chi connectivity index (χ3v) is 8.71. The van der Waals surface area contributed by atoms with Gasteiger partial charge < -0.3 is 4.74 Å². The Balaban J connectivity index is 1.17. The Kier molecular flexibility index (Phi) is 4.89. The van der Waals surface area contributed by atoms with E-state index in [1.165, 1.54) is 17.5 Å². The summed E-state index contributed by atoms with van der Waals surface area (Å²) in [6.45, 7) is 2.63. The normalized spacial score (nSPS) is 28.2. The maximum atomic E-state index is 12.6. The Morgan fingerprint density at radius 1 is 1.12 bits per heavy atom. The first-order valence-corrected chi connectivity index (χ1v) is 12.3. The van der Waals surface area contributed by atoms with Crippen LogP contribution in [0, 0.1) is 17.3 Å². The summed E-state index contributed by atoms with van der Waals surface area (Å²) < 4.78 is 9.87. The molecule has 0 amide bonds. The molecule has 1 heterocycles. The van der Waals surface area contributed by atoms with Crippen molar-refractivity contribution in [1.82, 2.24) is 9.90 Å².